The predicted octanol–water partition coefficient (Wildman–Crippen LogP) is 0.321. The van der Waals surface area contributed by atoms with Crippen molar-refractivity contribution in [2.75, 3.05) is 13.1 Å². The molecule has 3 N–H and O–H groups in total. The van der Waals surface area contributed by atoms with Crippen LogP contribution in [0, 0.1) is 6.42 Å². The first-order valence-electron chi connectivity index (χ1n) is 6.26. The van der Waals surface area contributed by atoms with Crippen molar-refractivity contribution in [2.45, 2.75) is 18.9 Å². The quantitative estimate of drug-likeness (QED) is 0.818. The lowest BCUT2D eigenvalue weighted by Crippen LogP contribution is -2.29. The van der Waals surface area contributed by atoms with Crippen LogP contribution < -0.4 is 5.73 Å². The molecule has 2 rings (SSSR count). The number of nitrogens with two attached hydrogens (primary N) is 1. The molecule has 1 aromatic rings. The summed E-state index contributed by atoms with van der Waals surface area (Å²) in [5.74, 6) is -0.549. The molecule has 1 radical (unpaired) electrons. The first-order chi connectivity index (χ1) is 9.08. The van der Waals surface area contributed by atoms with Crippen LogP contribution in [0.4, 0.5) is 0 Å². The zero-order valence-electron chi connectivity index (χ0n) is 10.6. The van der Waals surface area contributed by atoms with Crippen LogP contribution in [-0.4, -0.2) is 41.0 Å². The van der Waals surface area contributed by atoms with E-state index in [1.165, 1.54) is 0 Å². The van der Waals surface area contributed by atoms with Crippen molar-refractivity contribution in [3.8, 4) is 0 Å². The molecule has 1 aliphatic rings. The lowest BCUT2D eigenvalue weighted by molar-refractivity contribution is -0.129. The zero-order chi connectivity index (χ0) is 13.8. The number of rotatable bonds is 4. The predicted molar refractivity (Wildman–Crippen MR) is 70.2 cm³/mol. The Hall–Kier alpha value is -1.88. The van der Waals surface area contributed by atoms with E-state index >= 15 is 0 Å². The number of nitrogens with zero attached hydrogens (tertiary/aromatic N) is 1. The van der Waals surface area contributed by atoms with Crippen molar-refractivity contribution < 1.29 is 14.7 Å². The summed E-state index contributed by atoms with van der Waals surface area (Å²) in [6.07, 6.45) is 2.12. The van der Waals surface area contributed by atoms with E-state index in [-0.39, 0.29) is 12.3 Å². The molecule has 19 heavy (non-hydrogen) atoms. The van der Waals surface area contributed by atoms with Crippen molar-refractivity contribution in [1.29, 1.82) is 0 Å². The highest BCUT2D eigenvalue weighted by molar-refractivity contribution is 5.95. The van der Waals surface area contributed by atoms with Gasteiger partial charge >= 0.3 is 0 Å². The summed E-state index contributed by atoms with van der Waals surface area (Å²) in [4.78, 5) is 24.8. The highest BCUT2D eigenvalue weighted by atomic mass is 16.3. The fourth-order valence-corrected chi connectivity index (χ4v) is 2.19. The Morgan fingerprint density at radius 2 is 2.16 bits per heavy atom. The van der Waals surface area contributed by atoms with Gasteiger partial charge in [-0.1, -0.05) is 18.2 Å². The number of primary amides is 1. The van der Waals surface area contributed by atoms with E-state index in [2.05, 4.69) is 0 Å². The molecular formula is C14H17N2O3. The van der Waals surface area contributed by atoms with Gasteiger partial charge in [0.05, 0.1) is 6.10 Å². The van der Waals surface area contributed by atoms with Gasteiger partial charge in [-0.3, -0.25) is 9.59 Å². The third-order valence-electron chi connectivity index (χ3n) is 3.24. The molecule has 0 aromatic heterocycles. The van der Waals surface area contributed by atoms with Crippen molar-refractivity contribution in [3.63, 3.8) is 0 Å². The van der Waals surface area contributed by atoms with Gasteiger partial charge in [0.25, 0.3) is 0 Å². The number of aliphatic hydroxyl groups is 1. The van der Waals surface area contributed by atoms with Gasteiger partial charge in [-0.05, 0) is 18.1 Å². The molecule has 0 aliphatic carbocycles. The van der Waals surface area contributed by atoms with Gasteiger partial charge in [0.15, 0.2) is 0 Å². The minimum atomic E-state index is -0.504. The summed E-state index contributed by atoms with van der Waals surface area (Å²) in [5, 5.41) is 9.39. The molecule has 1 aliphatic heterocycles. The molecule has 1 fully saturated rings. The third-order valence-corrected chi connectivity index (χ3v) is 3.24. The summed E-state index contributed by atoms with van der Waals surface area (Å²) in [6, 6.07) is 6.92. The van der Waals surface area contributed by atoms with E-state index in [1.54, 1.807) is 35.6 Å². The van der Waals surface area contributed by atoms with Crippen molar-refractivity contribution in [1.82, 2.24) is 4.90 Å². The molecule has 5 nitrogen and oxygen atoms in total. The van der Waals surface area contributed by atoms with Crippen LogP contribution >= 0.6 is 0 Å². The maximum absolute atomic E-state index is 11.9. The van der Waals surface area contributed by atoms with E-state index in [1.807, 2.05) is 0 Å². The SMILES string of the molecule is NC(=O)c1ccccc1[CH]CC(=O)N1CC[C@@H](O)C1. The second kappa shape index (κ2) is 5.84. The first-order valence-corrected chi connectivity index (χ1v) is 6.26. The fraction of sp³-hybridized carbons (Fsp3) is 0.357. The van der Waals surface area contributed by atoms with Gasteiger partial charge < -0.3 is 15.7 Å². The summed E-state index contributed by atoms with van der Waals surface area (Å²) >= 11 is 0. The van der Waals surface area contributed by atoms with Crippen LogP contribution in [0.3, 0.4) is 0 Å². The van der Waals surface area contributed by atoms with Crippen LogP contribution in [-0.2, 0) is 4.79 Å². The van der Waals surface area contributed by atoms with Crippen LogP contribution in [0.5, 0.6) is 0 Å². The molecule has 0 spiro atoms. The number of aliphatic hydroxyl groups excluding tert-OH is 1. The van der Waals surface area contributed by atoms with Crippen molar-refractivity contribution in [2.24, 2.45) is 5.73 Å². The molecule has 0 bridgehead atoms. The Kier molecular flexibility index (Phi) is 4.16. The van der Waals surface area contributed by atoms with E-state index in [0.29, 0.717) is 30.6 Å². The van der Waals surface area contributed by atoms with Gasteiger partial charge in [-0.2, -0.15) is 0 Å². The largest absolute Gasteiger partial charge is 0.391 e. The molecule has 5 heteroatoms. The molecule has 2 amide bonds. The number of amides is 2. The van der Waals surface area contributed by atoms with Gasteiger partial charge in [-0.15, -0.1) is 0 Å². The monoisotopic (exact) mass is 261 g/mol. The Morgan fingerprint density at radius 1 is 1.42 bits per heavy atom. The van der Waals surface area contributed by atoms with Crippen LogP contribution in [0.15, 0.2) is 24.3 Å². The number of hydrogen-bond acceptors (Lipinski definition) is 3. The highest BCUT2D eigenvalue weighted by Gasteiger charge is 2.24. The topological polar surface area (TPSA) is 83.6 Å². The van der Waals surface area contributed by atoms with Crippen LogP contribution in [0.1, 0.15) is 28.8 Å². The summed E-state index contributed by atoms with van der Waals surface area (Å²) in [7, 11) is 0. The maximum Gasteiger partial charge on any atom is 0.248 e. The van der Waals surface area contributed by atoms with E-state index in [4.69, 9.17) is 5.73 Å². The fourth-order valence-electron chi connectivity index (χ4n) is 2.19. The molecule has 1 aromatic carbocycles. The minimum absolute atomic E-state index is 0.0455. The average molecular weight is 261 g/mol. The van der Waals surface area contributed by atoms with Crippen molar-refractivity contribution >= 4 is 11.8 Å². The molecule has 1 atom stereocenters. The number of likely N-dealkylation sites (tertiary alicyclic amines) is 1. The first kappa shape index (κ1) is 13.5. The molecule has 1 saturated heterocycles. The highest BCUT2D eigenvalue weighted by Crippen LogP contribution is 2.15. The lowest BCUT2D eigenvalue weighted by atomic mass is 10.0. The molecule has 0 saturated carbocycles. The number of carbonyl (C=O) groups is 2. The van der Waals surface area contributed by atoms with Crippen LogP contribution in [0.2, 0.25) is 0 Å². The Labute approximate surface area is 112 Å². The second-order valence-corrected chi connectivity index (χ2v) is 4.64. The Balaban J connectivity index is 1.95. The lowest BCUT2D eigenvalue weighted by Gasteiger charge is -2.15. The van der Waals surface area contributed by atoms with E-state index < -0.39 is 12.0 Å². The number of benzene rings is 1. The normalized spacial score (nSPS) is 18.6. The van der Waals surface area contributed by atoms with Crippen LogP contribution in [0.25, 0.3) is 0 Å². The molecule has 0 unspecified atom stereocenters. The van der Waals surface area contributed by atoms with Gasteiger partial charge in [0, 0.05) is 31.5 Å². The standard InChI is InChI=1S/C14H17N2O3/c15-14(19)12-4-2-1-3-10(12)5-6-13(18)16-8-7-11(17)9-16/h1-5,11,17H,6-9H2,(H2,15,19)/t11-/m1/s1. The molecule has 101 valence electrons. The van der Waals surface area contributed by atoms with Gasteiger partial charge in [0.1, 0.15) is 0 Å². The summed E-state index contributed by atoms with van der Waals surface area (Å²) in [5.41, 5.74) is 6.36. The van der Waals surface area contributed by atoms with Gasteiger partial charge in [0.2, 0.25) is 11.8 Å². The number of carbonyl (C=O) groups excluding carboxylic acids is 2. The van der Waals surface area contributed by atoms with Crippen molar-refractivity contribution in [3.05, 3.63) is 41.8 Å². The number of β-amino-alcohol motifs (C(OH)–C–C–N with tert-alkyl or cyclic N) is 1. The Morgan fingerprint density at radius 3 is 2.79 bits per heavy atom. The second-order valence-electron chi connectivity index (χ2n) is 4.64. The van der Waals surface area contributed by atoms with E-state index in [0.717, 1.165) is 0 Å². The Bertz CT molecular complexity index is 487. The zero-order valence-corrected chi connectivity index (χ0v) is 10.6. The summed E-state index contributed by atoms with van der Waals surface area (Å²) in [6.45, 7) is 0.982. The molecule has 1 heterocycles. The van der Waals surface area contributed by atoms with Gasteiger partial charge in [-0.25, -0.2) is 0 Å². The third kappa shape index (κ3) is 3.32. The van der Waals surface area contributed by atoms with E-state index in [9.17, 15) is 14.7 Å². The maximum atomic E-state index is 11.9. The summed E-state index contributed by atoms with van der Waals surface area (Å²) < 4.78 is 0. The smallest absolute Gasteiger partial charge is 0.248 e. The number of hydrogen-bond donors (Lipinski definition) is 2. The molecular weight excluding hydrogens is 244 g/mol. The minimum Gasteiger partial charge on any atom is -0.391 e. The average Bonchev–Trinajstić information content (AvgIpc) is 2.83.